The molecule has 0 bridgehead atoms. The number of nitrogens with one attached hydrogen (secondary N) is 1. The molecule has 25 heavy (non-hydrogen) atoms. The number of halogens is 1. The quantitative estimate of drug-likeness (QED) is 0.833. The molecule has 1 N–H and O–H groups in total. The highest BCUT2D eigenvalue weighted by atomic mass is 32.2. The van der Waals surface area contributed by atoms with E-state index in [0.717, 1.165) is 25.9 Å². The molecule has 136 valence electrons. The maximum atomic E-state index is 13.3. The molecule has 2 aromatic rings. The summed E-state index contributed by atoms with van der Waals surface area (Å²) in [6.07, 6.45) is 2.23. The van der Waals surface area contributed by atoms with Gasteiger partial charge in [-0.15, -0.1) is 11.3 Å². The van der Waals surface area contributed by atoms with Crippen molar-refractivity contribution >= 4 is 21.4 Å². The molecule has 3 rings (SSSR count). The predicted octanol–water partition coefficient (Wildman–Crippen LogP) is 3.35. The minimum Gasteiger partial charge on any atom is -0.302 e. The fraction of sp³-hybridized carbons (Fsp3) is 0.444. The fourth-order valence-corrected chi connectivity index (χ4v) is 5.18. The van der Waals surface area contributed by atoms with E-state index in [-0.39, 0.29) is 4.90 Å². The summed E-state index contributed by atoms with van der Waals surface area (Å²) in [4.78, 5) is 3.86. The van der Waals surface area contributed by atoms with Crippen LogP contribution in [0, 0.1) is 12.7 Å². The van der Waals surface area contributed by atoms with Crippen LogP contribution >= 0.6 is 11.3 Å². The first-order valence-corrected chi connectivity index (χ1v) is 10.8. The highest BCUT2D eigenvalue weighted by Crippen LogP contribution is 2.30. The molecule has 0 radical (unpaired) electrons. The van der Waals surface area contributed by atoms with Crippen LogP contribution < -0.4 is 4.72 Å². The summed E-state index contributed by atoms with van der Waals surface area (Å²) in [6.45, 7) is 4.59. The highest BCUT2D eigenvalue weighted by molar-refractivity contribution is 7.89. The first kappa shape index (κ1) is 18.5. The molecule has 1 fully saturated rings. The van der Waals surface area contributed by atoms with Gasteiger partial charge < -0.3 is 4.90 Å². The number of piperidine rings is 1. The standard InChI is InChI=1S/C18H23FN2O2S2/c1-14-13-16(4-5-17(14)19)25(22,23)20-8-11-21-9-6-15(7-10-21)18-3-2-12-24-18/h2-5,12-13,15,20H,6-11H2,1H3. The second-order valence-corrected chi connectivity index (χ2v) is 9.19. The SMILES string of the molecule is Cc1cc(S(=O)(=O)NCCN2CCC(c3cccs3)CC2)ccc1F. The van der Waals surface area contributed by atoms with Crippen molar-refractivity contribution < 1.29 is 12.8 Å². The molecule has 0 spiro atoms. The van der Waals surface area contributed by atoms with Gasteiger partial charge in [-0.1, -0.05) is 6.07 Å². The van der Waals surface area contributed by atoms with Gasteiger partial charge in [0, 0.05) is 18.0 Å². The van der Waals surface area contributed by atoms with Crippen molar-refractivity contribution in [3.8, 4) is 0 Å². The Morgan fingerprint density at radius 2 is 2.04 bits per heavy atom. The smallest absolute Gasteiger partial charge is 0.240 e. The number of likely N-dealkylation sites (tertiary alicyclic amines) is 1. The van der Waals surface area contributed by atoms with E-state index in [9.17, 15) is 12.8 Å². The minimum absolute atomic E-state index is 0.114. The zero-order valence-electron chi connectivity index (χ0n) is 14.2. The zero-order chi connectivity index (χ0) is 17.9. The minimum atomic E-state index is -3.59. The Labute approximate surface area is 152 Å². The average molecular weight is 383 g/mol. The van der Waals surface area contributed by atoms with Crippen molar-refractivity contribution in [1.29, 1.82) is 0 Å². The Morgan fingerprint density at radius 1 is 1.28 bits per heavy atom. The summed E-state index contributed by atoms with van der Waals surface area (Å²) in [5.41, 5.74) is 0.332. The zero-order valence-corrected chi connectivity index (χ0v) is 15.9. The summed E-state index contributed by atoms with van der Waals surface area (Å²) in [5, 5.41) is 2.12. The number of sulfonamides is 1. The Morgan fingerprint density at radius 3 is 2.68 bits per heavy atom. The second kappa shape index (κ2) is 7.95. The van der Waals surface area contributed by atoms with Crippen LogP contribution in [0.3, 0.4) is 0 Å². The molecule has 0 unspecified atom stereocenters. The van der Waals surface area contributed by atoms with Gasteiger partial charge in [0.2, 0.25) is 10.0 Å². The van der Waals surface area contributed by atoms with Gasteiger partial charge in [-0.2, -0.15) is 0 Å². The summed E-state index contributed by atoms with van der Waals surface area (Å²) >= 11 is 1.81. The van der Waals surface area contributed by atoms with Gasteiger partial charge >= 0.3 is 0 Å². The molecule has 2 heterocycles. The molecular weight excluding hydrogens is 359 g/mol. The van der Waals surface area contributed by atoms with Crippen molar-refractivity contribution in [2.45, 2.75) is 30.6 Å². The summed E-state index contributed by atoms with van der Waals surface area (Å²) in [5.74, 6) is 0.239. The van der Waals surface area contributed by atoms with Crippen LogP contribution in [-0.4, -0.2) is 39.5 Å². The van der Waals surface area contributed by atoms with Gasteiger partial charge in [0.05, 0.1) is 4.90 Å². The molecule has 0 saturated carbocycles. The number of nitrogens with zero attached hydrogens (tertiary/aromatic N) is 1. The summed E-state index contributed by atoms with van der Waals surface area (Å²) in [7, 11) is -3.59. The molecule has 1 aromatic carbocycles. The van der Waals surface area contributed by atoms with Crippen LogP contribution in [0.5, 0.6) is 0 Å². The average Bonchev–Trinajstić information content (AvgIpc) is 3.12. The van der Waals surface area contributed by atoms with Gasteiger partial charge in [0.1, 0.15) is 5.82 Å². The Bertz CT molecular complexity index is 798. The van der Waals surface area contributed by atoms with Crippen molar-refractivity contribution in [2.24, 2.45) is 0 Å². The molecule has 1 saturated heterocycles. The first-order valence-electron chi connectivity index (χ1n) is 8.47. The molecule has 0 amide bonds. The number of rotatable bonds is 6. The van der Waals surface area contributed by atoms with E-state index in [2.05, 4.69) is 27.1 Å². The third-order valence-corrected chi connectivity index (χ3v) is 7.19. The van der Waals surface area contributed by atoms with E-state index >= 15 is 0 Å². The lowest BCUT2D eigenvalue weighted by atomic mass is 9.95. The maximum absolute atomic E-state index is 13.3. The normalized spacial score (nSPS) is 17.0. The molecule has 0 atom stereocenters. The topological polar surface area (TPSA) is 49.4 Å². The lowest BCUT2D eigenvalue weighted by Gasteiger charge is -2.31. The lowest BCUT2D eigenvalue weighted by Crippen LogP contribution is -2.39. The van der Waals surface area contributed by atoms with Crippen molar-refractivity contribution in [3.63, 3.8) is 0 Å². The number of aryl methyl sites for hydroxylation is 1. The van der Waals surface area contributed by atoms with Crippen LogP contribution in [-0.2, 0) is 10.0 Å². The highest BCUT2D eigenvalue weighted by Gasteiger charge is 2.21. The lowest BCUT2D eigenvalue weighted by molar-refractivity contribution is 0.217. The van der Waals surface area contributed by atoms with E-state index in [1.165, 1.54) is 23.1 Å². The van der Waals surface area contributed by atoms with E-state index < -0.39 is 15.8 Å². The van der Waals surface area contributed by atoms with Gasteiger partial charge in [-0.3, -0.25) is 0 Å². The predicted molar refractivity (Wildman–Crippen MR) is 99.1 cm³/mol. The summed E-state index contributed by atoms with van der Waals surface area (Å²) < 4.78 is 40.5. The maximum Gasteiger partial charge on any atom is 0.240 e. The number of hydrogen-bond donors (Lipinski definition) is 1. The van der Waals surface area contributed by atoms with Crippen LogP contribution in [0.1, 0.15) is 29.2 Å². The Balaban J connectivity index is 1.47. The molecule has 0 aliphatic carbocycles. The molecule has 7 heteroatoms. The first-order chi connectivity index (χ1) is 12.0. The van der Waals surface area contributed by atoms with E-state index in [0.29, 0.717) is 24.6 Å². The van der Waals surface area contributed by atoms with Crippen LogP contribution in [0.2, 0.25) is 0 Å². The van der Waals surface area contributed by atoms with Crippen LogP contribution in [0.25, 0.3) is 0 Å². The van der Waals surface area contributed by atoms with Crippen LogP contribution in [0.15, 0.2) is 40.6 Å². The van der Waals surface area contributed by atoms with E-state index in [1.807, 2.05) is 11.3 Å². The van der Waals surface area contributed by atoms with Crippen molar-refractivity contribution in [1.82, 2.24) is 9.62 Å². The van der Waals surface area contributed by atoms with Gasteiger partial charge in [0.25, 0.3) is 0 Å². The molecule has 1 aliphatic heterocycles. The van der Waals surface area contributed by atoms with E-state index in [4.69, 9.17) is 0 Å². The monoisotopic (exact) mass is 382 g/mol. The van der Waals surface area contributed by atoms with Crippen molar-refractivity contribution in [2.75, 3.05) is 26.2 Å². The largest absolute Gasteiger partial charge is 0.302 e. The van der Waals surface area contributed by atoms with Crippen LogP contribution in [0.4, 0.5) is 4.39 Å². The fourth-order valence-electron chi connectivity index (χ4n) is 3.17. The Hall–Kier alpha value is -1.28. The van der Waals surface area contributed by atoms with Crippen molar-refractivity contribution in [3.05, 3.63) is 52.0 Å². The van der Waals surface area contributed by atoms with Gasteiger partial charge in [-0.25, -0.2) is 17.5 Å². The number of benzene rings is 1. The number of hydrogen-bond acceptors (Lipinski definition) is 4. The number of thiophene rings is 1. The molecule has 4 nitrogen and oxygen atoms in total. The van der Waals surface area contributed by atoms with E-state index in [1.54, 1.807) is 6.92 Å². The third kappa shape index (κ3) is 4.67. The third-order valence-electron chi connectivity index (χ3n) is 4.69. The Kier molecular flexibility index (Phi) is 5.89. The molecular formula is C18H23FN2O2S2. The molecule has 1 aromatic heterocycles. The van der Waals surface area contributed by atoms with Gasteiger partial charge in [-0.05, 0) is 74.0 Å². The molecule has 1 aliphatic rings. The second-order valence-electron chi connectivity index (χ2n) is 6.44. The summed E-state index contributed by atoms with van der Waals surface area (Å²) in [6, 6.07) is 8.16. The van der Waals surface area contributed by atoms with Gasteiger partial charge in [0.15, 0.2) is 0 Å².